The van der Waals surface area contributed by atoms with Gasteiger partial charge in [-0.25, -0.2) is 0 Å². The molecular weight excluding hydrogens is 283 g/mol. The largest absolute Gasteiger partial charge is 0.374 e. The second-order valence-corrected chi connectivity index (χ2v) is 6.12. The molecule has 2 unspecified atom stereocenters. The minimum absolute atomic E-state index is 0.0338. The number of benzene rings is 1. The van der Waals surface area contributed by atoms with Crippen molar-refractivity contribution in [3.63, 3.8) is 0 Å². The van der Waals surface area contributed by atoms with Crippen molar-refractivity contribution >= 4 is 23.2 Å². The van der Waals surface area contributed by atoms with Crippen molar-refractivity contribution in [3.8, 4) is 0 Å². The summed E-state index contributed by atoms with van der Waals surface area (Å²) in [6.07, 6.45) is 4.02. The fraction of sp³-hybridized carbons (Fsp3) is 0.571. The summed E-state index contributed by atoms with van der Waals surface area (Å²) in [4.78, 5) is 0. The van der Waals surface area contributed by atoms with Gasteiger partial charge in [-0.2, -0.15) is 0 Å². The summed E-state index contributed by atoms with van der Waals surface area (Å²) < 4.78 is 5.94. The molecule has 0 amide bonds. The predicted molar refractivity (Wildman–Crippen MR) is 79.5 cm³/mol. The Morgan fingerprint density at radius 3 is 2.79 bits per heavy atom. The predicted octanol–water partition coefficient (Wildman–Crippen LogP) is 3.33. The number of nitrogens with one attached hydrogen (secondary N) is 1. The van der Waals surface area contributed by atoms with Gasteiger partial charge < -0.3 is 4.74 Å². The molecule has 0 aliphatic carbocycles. The number of halogens is 2. The Hall–Kier alpha value is -0.320. The third kappa shape index (κ3) is 3.61. The Balaban J connectivity index is 2.14. The highest BCUT2D eigenvalue weighted by molar-refractivity contribution is 6.35. The van der Waals surface area contributed by atoms with E-state index < -0.39 is 0 Å². The number of hydrazine groups is 1. The Morgan fingerprint density at radius 1 is 1.42 bits per heavy atom. The monoisotopic (exact) mass is 302 g/mol. The van der Waals surface area contributed by atoms with Crippen LogP contribution in [0.4, 0.5) is 0 Å². The zero-order valence-electron chi connectivity index (χ0n) is 11.1. The molecule has 1 aromatic rings. The van der Waals surface area contributed by atoms with Gasteiger partial charge in [0.05, 0.1) is 11.6 Å². The molecule has 2 atom stereocenters. The number of nitrogens with two attached hydrogens (primary N) is 1. The average Bonchev–Trinajstić information content (AvgIpc) is 2.38. The normalized spacial score (nSPS) is 25.3. The van der Waals surface area contributed by atoms with Crippen LogP contribution in [0.15, 0.2) is 18.2 Å². The molecule has 106 valence electrons. The molecule has 2 rings (SSSR count). The lowest BCUT2D eigenvalue weighted by Gasteiger charge is -2.40. The number of rotatable bonds is 4. The van der Waals surface area contributed by atoms with Crippen LogP contribution in [0.2, 0.25) is 10.0 Å². The molecular formula is C14H20Cl2N2O. The fourth-order valence-corrected chi connectivity index (χ4v) is 3.07. The van der Waals surface area contributed by atoms with E-state index in [1.165, 1.54) is 6.42 Å². The van der Waals surface area contributed by atoms with E-state index in [1.54, 1.807) is 6.07 Å². The summed E-state index contributed by atoms with van der Waals surface area (Å²) in [6, 6.07) is 5.59. The van der Waals surface area contributed by atoms with Crippen LogP contribution in [0.5, 0.6) is 0 Å². The first kappa shape index (κ1) is 15.1. The first-order valence-electron chi connectivity index (χ1n) is 6.59. The molecule has 0 bridgehead atoms. The molecule has 3 nitrogen and oxygen atoms in total. The maximum Gasteiger partial charge on any atom is 0.0823 e. The Bertz CT molecular complexity index is 433. The van der Waals surface area contributed by atoms with E-state index in [2.05, 4.69) is 12.3 Å². The van der Waals surface area contributed by atoms with Crippen molar-refractivity contribution in [3.05, 3.63) is 33.8 Å². The van der Waals surface area contributed by atoms with Gasteiger partial charge in [-0.1, -0.05) is 29.3 Å². The summed E-state index contributed by atoms with van der Waals surface area (Å²) in [7, 11) is 0. The van der Waals surface area contributed by atoms with Gasteiger partial charge in [-0.15, -0.1) is 0 Å². The molecule has 1 heterocycles. The maximum atomic E-state index is 6.22. The van der Waals surface area contributed by atoms with E-state index in [0.29, 0.717) is 10.0 Å². The minimum atomic E-state index is -0.240. The zero-order chi connectivity index (χ0) is 13.9. The van der Waals surface area contributed by atoms with Crippen LogP contribution in [0.1, 0.15) is 31.7 Å². The summed E-state index contributed by atoms with van der Waals surface area (Å²) in [5.41, 5.74) is 3.68. The smallest absolute Gasteiger partial charge is 0.0823 e. The second-order valence-electron chi connectivity index (χ2n) is 5.28. The van der Waals surface area contributed by atoms with Gasteiger partial charge in [-0.05, 0) is 50.3 Å². The highest BCUT2D eigenvalue weighted by Crippen LogP contribution is 2.31. The standard InChI is InChI=1S/C14H20Cl2N2O/c1-14(6-2-3-7-19-14)13(18-17)8-10-4-5-11(15)9-12(10)16/h4-5,9,13,18H,2-3,6-8,17H2,1H3. The van der Waals surface area contributed by atoms with Crippen LogP contribution in [0, 0.1) is 0 Å². The van der Waals surface area contributed by atoms with E-state index in [0.717, 1.165) is 31.4 Å². The second kappa shape index (κ2) is 6.42. The quantitative estimate of drug-likeness (QED) is 0.662. The van der Waals surface area contributed by atoms with E-state index in [4.69, 9.17) is 33.8 Å². The molecule has 1 aliphatic heterocycles. The summed E-state index contributed by atoms with van der Waals surface area (Å²) in [5, 5.41) is 1.32. The third-order valence-corrected chi connectivity index (χ3v) is 4.46. The summed E-state index contributed by atoms with van der Waals surface area (Å²) >= 11 is 12.1. The van der Waals surface area contributed by atoms with Gasteiger partial charge in [-0.3, -0.25) is 11.3 Å². The van der Waals surface area contributed by atoms with E-state index in [1.807, 2.05) is 12.1 Å². The van der Waals surface area contributed by atoms with E-state index >= 15 is 0 Å². The summed E-state index contributed by atoms with van der Waals surface area (Å²) in [5.74, 6) is 5.72. The molecule has 1 fully saturated rings. The van der Waals surface area contributed by atoms with Crippen molar-refractivity contribution in [2.24, 2.45) is 5.84 Å². The van der Waals surface area contributed by atoms with Crippen LogP contribution in [-0.2, 0) is 11.2 Å². The van der Waals surface area contributed by atoms with E-state index in [-0.39, 0.29) is 11.6 Å². The van der Waals surface area contributed by atoms with Gasteiger partial charge in [0, 0.05) is 16.7 Å². The van der Waals surface area contributed by atoms with Gasteiger partial charge >= 0.3 is 0 Å². The third-order valence-electron chi connectivity index (χ3n) is 3.88. The van der Waals surface area contributed by atoms with Crippen molar-refractivity contribution < 1.29 is 4.74 Å². The number of hydrogen-bond acceptors (Lipinski definition) is 3. The van der Waals surface area contributed by atoms with Crippen LogP contribution >= 0.6 is 23.2 Å². The molecule has 1 saturated heterocycles. The maximum absolute atomic E-state index is 6.22. The van der Waals surface area contributed by atoms with Crippen LogP contribution in [0.25, 0.3) is 0 Å². The molecule has 0 saturated carbocycles. The Morgan fingerprint density at radius 2 is 2.21 bits per heavy atom. The van der Waals surface area contributed by atoms with Crippen molar-refractivity contribution in [1.82, 2.24) is 5.43 Å². The molecule has 0 spiro atoms. The molecule has 1 aliphatic rings. The SMILES string of the molecule is CC1(C(Cc2ccc(Cl)cc2Cl)NN)CCCCO1. The van der Waals surface area contributed by atoms with Crippen molar-refractivity contribution in [2.45, 2.75) is 44.2 Å². The van der Waals surface area contributed by atoms with Crippen molar-refractivity contribution in [1.29, 1.82) is 0 Å². The lowest BCUT2D eigenvalue weighted by Crippen LogP contribution is -2.55. The van der Waals surface area contributed by atoms with Gasteiger partial charge in [0.25, 0.3) is 0 Å². The molecule has 3 N–H and O–H groups in total. The molecule has 0 aromatic heterocycles. The molecule has 5 heteroatoms. The Kier molecular flexibility index (Phi) is 5.09. The molecule has 19 heavy (non-hydrogen) atoms. The van der Waals surface area contributed by atoms with Crippen molar-refractivity contribution in [2.75, 3.05) is 6.61 Å². The number of ether oxygens (including phenoxy) is 1. The van der Waals surface area contributed by atoms with Crippen LogP contribution in [0.3, 0.4) is 0 Å². The molecule has 0 radical (unpaired) electrons. The van der Waals surface area contributed by atoms with Gasteiger partial charge in [0.15, 0.2) is 0 Å². The lowest BCUT2D eigenvalue weighted by molar-refractivity contribution is -0.0884. The first-order valence-corrected chi connectivity index (χ1v) is 7.35. The zero-order valence-corrected chi connectivity index (χ0v) is 12.6. The average molecular weight is 303 g/mol. The highest BCUT2D eigenvalue weighted by Gasteiger charge is 2.36. The fourth-order valence-electron chi connectivity index (χ4n) is 2.59. The van der Waals surface area contributed by atoms with Gasteiger partial charge in [0.2, 0.25) is 0 Å². The van der Waals surface area contributed by atoms with Gasteiger partial charge in [0.1, 0.15) is 0 Å². The number of hydrogen-bond donors (Lipinski definition) is 2. The minimum Gasteiger partial charge on any atom is -0.374 e. The molecule has 1 aromatic carbocycles. The highest BCUT2D eigenvalue weighted by atomic mass is 35.5. The van der Waals surface area contributed by atoms with Crippen LogP contribution < -0.4 is 11.3 Å². The Labute approximate surface area is 124 Å². The lowest BCUT2D eigenvalue weighted by atomic mass is 9.85. The van der Waals surface area contributed by atoms with E-state index in [9.17, 15) is 0 Å². The van der Waals surface area contributed by atoms with Crippen LogP contribution in [-0.4, -0.2) is 18.2 Å². The summed E-state index contributed by atoms with van der Waals surface area (Å²) in [6.45, 7) is 2.91. The topological polar surface area (TPSA) is 47.3 Å². The first-order chi connectivity index (χ1) is 9.05.